The standard InChI is InChI=1S/C18H11ClF2N4O2/c19-15-6-5-11(7-14(15)16(20)21)25-9-10(22-23-25)8-24-17(26)12-3-1-2-4-13(12)18(24)27/h1-7,9,16H,8H2. The Bertz CT molecular complexity index is 1030. The highest BCUT2D eigenvalue weighted by Crippen LogP contribution is 2.29. The van der Waals surface area contributed by atoms with E-state index in [1.165, 1.54) is 29.1 Å². The molecule has 0 saturated heterocycles. The third-order valence-corrected chi connectivity index (χ3v) is 4.56. The summed E-state index contributed by atoms with van der Waals surface area (Å²) in [4.78, 5) is 25.9. The van der Waals surface area contributed by atoms with Gasteiger partial charge < -0.3 is 0 Å². The second-order valence-electron chi connectivity index (χ2n) is 5.90. The number of amides is 2. The van der Waals surface area contributed by atoms with E-state index in [1.807, 2.05) is 0 Å². The van der Waals surface area contributed by atoms with Gasteiger partial charge in [0.1, 0.15) is 5.69 Å². The van der Waals surface area contributed by atoms with Gasteiger partial charge in [-0.15, -0.1) is 5.10 Å². The van der Waals surface area contributed by atoms with Crippen molar-refractivity contribution < 1.29 is 18.4 Å². The minimum absolute atomic E-state index is 0.0416. The molecule has 1 aliphatic heterocycles. The van der Waals surface area contributed by atoms with Gasteiger partial charge in [-0.25, -0.2) is 13.5 Å². The van der Waals surface area contributed by atoms with Crippen LogP contribution in [0.1, 0.15) is 38.4 Å². The molecule has 0 spiro atoms. The lowest BCUT2D eigenvalue weighted by Crippen LogP contribution is -2.29. The van der Waals surface area contributed by atoms with Gasteiger partial charge >= 0.3 is 0 Å². The molecule has 9 heteroatoms. The van der Waals surface area contributed by atoms with Crippen molar-refractivity contribution in [2.24, 2.45) is 0 Å². The van der Waals surface area contributed by atoms with Gasteiger partial charge in [0, 0.05) is 10.6 Å². The van der Waals surface area contributed by atoms with Crippen molar-refractivity contribution >= 4 is 23.4 Å². The van der Waals surface area contributed by atoms with E-state index in [0.717, 1.165) is 4.90 Å². The largest absolute Gasteiger partial charge is 0.269 e. The first kappa shape index (κ1) is 17.3. The summed E-state index contributed by atoms with van der Waals surface area (Å²) in [6.07, 6.45) is -1.25. The Morgan fingerprint density at radius 2 is 1.70 bits per heavy atom. The van der Waals surface area contributed by atoms with Crippen molar-refractivity contribution in [1.82, 2.24) is 19.9 Å². The molecule has 2 amide bonds. The molecule has 2 aromatic carbocycles. The smallest absolute Gasteiger partial charge is 0.265 e. The number of halogens is 3. The minimum atomic E-state index is -2.72. The van der Waals surface area contributed by atoms with E-state index in [2.05, 4.69) is 10.3 Å². The minimum Gasteiger partial charge on any atom is -0.269 e. The van der Waals surface area contributed by atoms with Gasteiger partial charge in [0.2, 0.25) is 0 Å². The number of fused-ring (bicyclic) bond motifs is 1. The van der Waals surface area contributed by atoms with Crippen LogP contribution in [0.4, 0.5) is 8.78 Å². The first-order valence-electron chi connectivity index (χ1n) is 7.90. The number of carbonyl (C=O) groups excluding carboxylic acids is 2. The zero-order chi connectivity index (χ0) is 19.1. The monoisotopic (exact) mass is 388 g/mol. The normalized spacial score (nSPS) is 13.6. The molecule has 0 fully saturated rings. The van der Waals surface area contributed by atoms with E-state index in [1.54, 1.807) is 24.3 Å². The summed E-state index contributed by atoms with van der Waals surface area (Å²) in [7, 11) is 0. The maximum atomic E-state index is 13.0. The van der Waals surface area contributed by atoms with Gasteiger partial charge in [0.25, 0.3) is 18.2 Å². The van der Waals surface area contributed by atoms with Crippen LogP contribution < -0.4 is 0 Å². The highest BCUT2D eigenvalue weighted by molar-refractivity contribution is 6.31. The van der Waals surface area contributed by atoms with Crippen LogP contribution in [0.15, 0.2) is 48.7 Å². The molecule has 0 aliphatic carbocycles. The second kappa shape index (κ2) is 6.55. The van der Waals surface area contributed by atoms with Crippen LogP contribution in [0.3, 0.4) is 0 Å². The molecule has 1 aliphatic rings. The number of aromatic nitrogens is 3. The van der Waals surface area contributed by atoms with Crippen LogP contribution in [0.25, 0.3) is 5.69 Å². The highest BCUT2D eigenvalue weighted by Gasteiger charge is 2.35. The number of benzene rings is 2. The Balaban J connectivity index is 1.59. The van der Waals surface area contributed by atoms with Crippen molar-refractivity contribution in [3.05, 3.63) is 76.1 Å². The zero-order valence-electron chi connectivity index (χ0n) is 13.6. The summed E-state index contributed by atoms with van der Waals surface area (Å²) in [6.45, 7) is -0.0678. The van der Waals surface area contributed by atoms with Crippen molar-refractivity contribution in [1.29, 1.82) is 0 Å². The van der Waals surface area contributed by atoms with Crippen molar-refractivity contribution in [3.8, 4) is 5.69 Å². The van der Waals surface area contributed by atoms with Gasteiger partial charge in [-0.05, 0) is 30.3 Å². The zero-order valence-corrected chi connectivity index (χ0v) is 14.4. The molecule has 4 rings (SSSR count). The molecule has 2 heterocycles. The molecular weight excluding hydrogens is 378 g/mol. The van der Waals surface area contributed by atoms with E-state index >= 15 is 0 Å². The Hall–Kier alpha value is -3.13. The van der Waals surface area contributed by atoms with E-state index in [0.29, 0.717) is 22.5 Å². The number of carbonyl (C=O) groups is 2. The number of alkyl halides is 2. The molecule has 0 atom stereocenters. The van der Waals surface area contributed by atoms with Crippen molar-refractivity contribution in [2.75, 3.05) is 0 Å². The summed E-state index contributed by atoms with van der Waals surface area (Å²) >= 11 is 5.77. The molecule has 0 bridgehead atoms. The first-order valence-corrected chi connectivity index (χ1v) is 8.28. The fourth-order valence-corrected chi connectivity index (χ4v) is 3.08. The lowest BCUT2D eigenvalue weighted by atomic mass is 10.1. The maximum Gasteiger partial charge on any atom is 0.265 e. The Labute approximate surface area is 157 Å². The predicted octanol–water partition coefficient (Wildman–Crippen LogP) is 3.65. The SMILES string of the molecule is O=C1c2ccccc2C(=O)N1Cc1cn(-c2ccc(Cl)c(C(F)F)c2)nn1. The quantitative estimate of drug-likeness (QED) is 0.640. The second-order valence-corrected chi connectivity index (χ2v) is 6.31. The molecule has 0 saturated carbocycles. The summed E-state index contributed by atoms with van der Waals surface area (Å²) in [5.74, 6) is -0.812. The van der Waals surface area contributed by atoms with Crippen LogP contribution in [-0.2, 0) is 6.54 Å². The number of imide groups is 1. The van der Waals surface area contributed by atoms with Gasteiger partial charge in [-0.1, -0.05) is 28.9 Å². The Kier molecular flexibility index (Phi) is 4.19. The molecule has 3 aromatic rings. The Morgan fingerprint density at radius 3 is 2.33 bits per heavy atom. The van der Waals surface area contributed by atoms with Crippen LogP contribution in [0.2, 0.25) is 5.02 Å². The van der Waals surface area contributed by atoms with E-state index in [-0.39, 0.29) is 17.1 Å². The van der Waals surface area contributed by atoms with Gasteiger partial charge in [-0.3, -0.25) is 14.5 Å². The predicted molar refractivity (Wildman–Crippen MR) is 92.0 cm³/mol. The molecule has 136 valence electrons. The average molecular weight is 389 g/mol. The lowest BCUT2D eigenvalue weighted by Gasteiger charge is -2.11. The molecule has 1 aromatic heterocycles. The maximum absolute atomic E-state index is 13.0. The number of hydrogen-bond acceptors (Lipinski definition) is 4. The van der Waals surface area contributed by atoms with Crippen LogP contribution in [0, 0.1) is 0 Å². The lowest BCUT2D eigenvalue weighted by molar-refractivity contribution is 0.0640. The molecular formula is C18H11ClF2N4O2. The van der Waals surface area contributed by atoms with Crippen LogP contribution >= 0.6 is 11.6 Å². The van der Waals surface area contributed by atoms with Crippen molar-refractivity contribution in [3.63, 3.8) is 0 Å². The third kappa shape index (κ3) is 2.97. The van der Waals surface area contributed by atoms with Gasteiger partial charge in [-0.2, -0.15) is 0 Å². The molecule has 0 radical (unpaired) electrons. The first-order chi connectivity index (χ1) is 13.0. The summed E-state index contributed by atoms with van der Waals surface area (Å²) < 4.78 is 27.3. The molecule has 6 nitrogen and oxygen atoms in total. The Morgan fingerprint density at radius 1 is 1.04 bits per heavy atom. The summed E-state index contributed by atoms with van der Waals surface area (Å²) in [5, 5.41) is 7.78. The van der Waals surface area contributed by atoms with Crippen LogP contribution in [0.5, 0.6) is 0 Å². The average Bonchev–Trinajstić information content (AvgIpc) is 3.22. The third-order valence-electron chi connectivity index (χ3n) is 4.22. The van der Waals surface area contributed by atoms with Gasteiger partial charge in [0.05, 0.1) is 29.6 Å². The highest BCUT2D eigenvalue weighted by atomic mass is 35.5. The van der Waals surface area contributed by atoms with Gasteiger partial charge in [0.15, 0.2) is 0 Å². The van der Waals surface area contributed by atoms with E-state index in [4.69, 9.17) is 11.6 Å². The molecule has 0 N–H and O–H groups in total. The van der Waals surface area contributed by atoms with Crippen LogP contribution in [-0.4, -0.2) is 31.7 Å². The summed E-state index contributed by atoms with van der Waals surface area (Å²) in [5.41, 5.74) is 1.06. The fourth-order valence-electron chi connectivity index (χ4n) is 2.88. The topological polar surface area (TPSA) is 68.1 Å². The van der Waals surface area contributed by atoms with E-state index in [9.17, 15) is 18.4 Å². The molecule has 27 heavy (non-hydrogen) atoms. The van der Waals surface area contributed by atoms with Crippen molar-refractivity contribution in [2.45, 2.75) is 13.0 Å². The molecule has 0 unspecified atom stereocenters. The fraction of sp³-hybridized carbons (Fsp3) is 0.111. The summed E-state index contributed by atoms with van der Waals surface area (Å²) in [6, 6.07) is 10.6. The number of nitrogens with zero attached hydrogens (tertiary/aromatic N) is 4. The number of rotatable bonds is 4. The number of hydrogen-bond donors (Lipinski definition) is 0. The van der Waals surface area contributed by atoms with E-state index < -0.39 is 18.2 Å².